The molecule has 5 heteroatoms. The number of amides is 1. The number of nitrogens with two attached hydrogens (primary N) is 1. The van der Waals surface area contributed by atoms with Gasteiger partial charge in [0.25, 0.3) is 0 Å². The molecule has 20 heavy (non-hydrogen) atoms. The van der Waals surface area contributed by atoms with E-state index >= 15 is 0 Å². The van der Waals surface area contributed by atoms with Crippen LogP contribution in [0.25, 0.3) is 0 Å². The Balaban J connectivity index is 2.65. The lowest BCUT2D eigenvalue weighted by Gasteiger charge is -2.17. The smallest absolute Gasteiger partial charge is 0.234 e. The molecule has 0 aliphatic carbocycles. The summed E-state index contributed by atoms with van der Waals surface area (Å²) in [5, 5.41) is 2.67. The maximum Gasteiger partial charge on any atom is 0.234 e. The van der Waals surface area contributed by atoms with Crippen molar-refractivity contribution < 1.29 is 9.18 Å². The van der Waals surface area contributed by atoms with Gasteiger partial charge in [-0.05, 0) is 18.2 Å². The van der Waals surface area contributed by atoms with Crippen LogP contribution >= 0.6 is 11.8 Å². The van der Waals surface area contributed by atoms with E-state index in [9.17, 15) is 9.18 Å². The molecule has 0 unspecified atom stereocenters. The summed E-state index contributed by atoms with van der Waals surface area (Å²) in [6.45, 7) is 6.29. The molecule has 108 valence electrons. The standard InChI is InChI=1S/C15H19FN2OS/c1-15(2,3)20-10-14(19)18-12-7-6-11(5-4-8-17)13(16)9-12/h6-7,9H,8,10,17H2,1-3H3,(H,18,19). The van der Waals surface area contributed by atoms with E-state index in [1.54, 1.807) is 6.07 Å². The first-order chi connectivity index (χ1) is 9.31. The van der Waals surface area contributed by atoms with Crippen molar-refractivity contribution in [1.82, 2.24) is 0 Å². The highest BCUT2D eigenvalue weighted by Crippen LogP contribution is 2.23. The Bertz CT molecular complexity index is 541. The molecule has 0 saturated carbocycles. The normalized spacial score (nSPS) is 10.7. The lowest BCUT2D eigenvalue weighted by molar-refractivity contribution is -0.113. The van der Waals surface area contributed by atoms with Gasteiger partial charge < -0.3 is 11.1 Å². The molecule has 0 bridgehead atoms. The van der Waals surface area contributed by atoms with Crippen molar-refractivity contribution in [2.24, 2.45) is 5.73 Å². The number of anilines is 1. The van der Waals surface area contributed by atoms with E-state index in [4.69, 9.17) is 5.73 Å². The van der Waals surface area contributed by atoms with Gasteiger partial charge in [-0.3, -0.25) is 4.79 Å². The zero-order valence-electron chi connectivity index (χ0n) is 11.9. The molecule has 0 spiro atoms. The van der Waals surface area contributed by atoms with Gasteiger partial charge in [0.1, 0.15) is 5.82 Å². The predicted molar refractivity (Wildman–Crippen MR) is 83.2 cm³/mol. The van der Waals surface area contributed by atoms with Crippen LogP contribution in [-0.2, 0) is 4.79 Å². The Morgan fingerprint density at radius 1 is 1.45 bits per heavy atom. The number of hydrogen-bond donors (Lipinski definition) is 2. The second-order valence-corrected chi connectivity index (χ2v) is 6.95. The monoisotopic (exact) mass is 294 g/mol. The summed E-state index contributed by atoms with van der Waals surface area (Å²) in [6.07, 6.45) is 0. The molecule has 1 aromatic carbocycles. The maximum absolute atomic E-state index is 13.7. The van der Waals surface area contributed by atoms with Crippen molar-refractivity contribution in [1.29, 1.82) is 0 Å². The van der Waals surface area contributed by atoms with Crippen molar-refractivity contribution >= 4 is 23.4 Å². The Morgan fingerprint density at radius 3 is 2.70 bits per heavy atom. The zero-order chi connectivity index (χ0) is 15.2. The Labute approximate surface area is 123 Å². The molecule has 0 fully saturated rings. The highest BCUT2D eigenvalue weighted by Gasteiger charge is 2.13. The number of halogens is 1. The van der Waals surface area contributed by atoms with Crippen LogP contribution in [0.1, 0.15) is 26.3 Å². The van der Waals surface area contributed by atoms with Crippen LogP contribution < -0.4 is 11.1 Å². The molecule has 1 rings (SSSR count). The van der Waals surface area contributed by atoms with Crippen molar-refractivity contribution in [2.45, 2.75) is 25.5 Å². The van der Waals surface area contributed by atoms with Crippen LogP contribution in [0, 0.1) is 17.7 Å². The first-order valence-corrected chi connectivity index (χ1v) is 7.22. The molecule has 3 nitrogen and oxygen atoms in total. The molecule has 3 N–H and O–H groups in total. The average molecular weight is 294 g/mol. The SMILES string of the molecule is CC(C)(C)SCC(=O)Nc1ccc(C#CCN)c(F)c1. The second kappa shape index (κ2) is 7.32. The fourth-order valence-electron chi connectivity index (χ4n) is 1.32. The van der Waals surface area contributed by atoms with Crippen LogP contribution in [0.3, 0.4) is 0 Å². The number of rotatable bonds is 3. The van der Waals surface area contributed by atoms with Gasteiger partial charge in [0.05, 0.1) is 17.9 Å². The molecule has 0 saturated heterocycles. The molecule has 0 heterocycles. The van der Waals surface area contributed by atoms with E-state index in [0.717, 1.165) is 0 Å². The van der Waals surface area contributed by atoms with Gasteiger partial charge in [0, 0.05) is 10.4 Å². The molecular formula is C15H19FN2OS. The number of carbonyl (C=O) groups excluding carboxylic acids is 1. The Morgan fingerprint density at radius 2 is 2.15 bits per heavy atom. The largest absolute Gasteiger partial charge is 0.325 e. The van der Waals surface area contributed by atoms with Gasteiger partial charge in [-0.15, -0.1) is 11.8 Å². The van der Waals surface area contributed by atoms with Gasteiger partial charge in [-0.25, -0.2) is 4.39 Å². The summed E-state index contributed by atoms with van der Waals surface area (Å²) in [5.41, 5.74) is 5.94. The third kappa shape index (κ3) is 6.09. The van der Waals surface area contributed by atoms with Crippen LogP contribution in [0.4, 0.5) is 10.1 Å². The first kappa shape index (κ1) is 16.5. The van der Waals surface area contributed by atoms with Crippen LogP contribution in [0.5, 0.6) is 0 Å². The molecule has 0 aliphatic heterocycles. The molecule has 0 radical (unpaired) electrons. The lowest BCUT2D eigenvalue weighted by atomic mass is 10.2. The summed E-state index contributed by atoms with van der Waals surface area (Å²) in [5.74, 6) is 4.94. The minimum absolute atomic E-state index is 0.0181. The van der Waals surface area contributed by atoms with Gasteiger partial charge in [-0.2, -0.15) is 0 Å². The summed E-state index contributed by atoms with van der Waals surface area (Å²) in [7, 11) is 0. The van der Waals surface area contributed by atoms with Crippen molar-refractivity contribution in [3.63, 3.8) is 0 Å². The van der Waals surface area contributed by atoms with Gasteiger partial charge in [0.15, 0.2) is 0 Å². The predicted octanol–water partition coefficient (Wildman–Crippen LogP) is 2.61. The fraction of sp³-hybridized carbons (Fsp3) is 0.400. The Hall–Kier alpha value is -1.51. The number of carbonyl (C=O) groups is 1. The number of benzene rings is 1. The van der Waals surface area contributed by atoms with E-state index in [-0.39, 0.29) is 22.8 Å². The minimum Gasteiger partial charge on any atom is -0.325 e. The molecule has 0 aromatic heterocycles. The average Bonchev–Trinajstić information content (AvgIpc) is 2.35. The summed E-state index contributed by atoms with van der Waals surface area (Å²) >= 11 is 1.54. The first-order valence-electron chi connectivity index (χ1n) is 6.24. The Kier molecular flexibility index (Phi) is 6.05. The summed E-state index contributed by atoms with van der Waals surface area (Å²) in [4.78, 5) is 11.7. The van der Waals surface area contributed by atoms with E-state index in [1.165, 1.54) is 23.9 Å². The molecule has 1 aromatic rings. The molecule has 0 aliphatic rings. The van der Waals surface area contributed by atoms with E-state index in [1.807, 2.05) is 20.8 Å². The maximum atomic E-state index is 13.7. The molecule has 0 atom stereocenters. The zero-order valence-corrected chi connectivity index (χ0v) is 12.7. The van der Waals surface area contributed by atoms with E-state index in [2.05, 4.69) is 17.2 Å². The second-order valence-electron chi connectivity index (χ2n) is 5.15. The molecular weight excluding hydrogens is 275 g/mol. The molecule has 1 amide bonds. The third-order valence-corrected chi connectivity index (χ3v) is 3.49. The number of hydrogen-bond acceptors (Lipinski definition) is 3. The van der Waals surface area contributed by atoms with Crippen molar-refractivity contribution in [3.8, 4) is 11.8 Å². The van der Waals surface area contributed by atoms with Gasteiger partial charge in [-0.1, -0.05) is 32.6 Å². The van der Waals surface area contributed by atoms with Crippen LogP contribution in [-0.4, -0.2) is 23.0 Å². The van der Waals surface area contributed by atoms with Crippen LogP contribution in [0.15, 0.2) is 18.2 Å². The quantitative estimate of drug-likeness (QED) is 0.843. The summed E-state index contributed by atoms with van der Waals surface area (Å²) < 4.78 is 13.7. The highest BCUT2D eigenvalue weighted by atomic mass is 32.2. The van der Waals surface area contributed by atoms with Crippen molar-refractivity contribution in [3.05, 3.63) is 29.6 Å². The fourth-order valence-corrected chi connectivity index (χ4v) is 1.96. The van der Waals surface area contributed by atoms with E-state index in [0.29, 0.717) is 11.4 Å². The lowest BCUT2D eigenvalue weighted by Crippen LogP contribution is -2.19. The van der Waals surface area contributed by atoms with Crippen molar-refractivity contribution in [2.75, 3.05) is 17.6 Å². The topological polar surface area (TPSA) is 55.1 Å². The third-order valence-electron chi connectivity index (χ3n) is 2.21. The van der Waals surface area contributed by atoms with Gasteiger partial charge in [0.2, 0.25) is 5.91 Å². The van der Waals surface area contributed by atoms with E-state index < -0.39 is 5.82 Å². The highest BCUT2D eigenvalue weighted by molar-refractivity contribution is 8.01. The minimum atomic E-state index is -0.466. The van der Waals surface area contributed by atoms with Crippen LogP contribution in [0.2, 0.25) is 0 Å². The number of nitrogens with one attached hydrogen (secondary N) is 1. The summed E-state index contributed by atoms with van der Waals surface area (Å²) in [6, 6.07) is 4.42. The van der Waals surface area contributed by atoms with Gasteiger partial charge >= 0.3 is 0 Å². The number of thioether (sulfide) groups is 1.